The molecule has 1 heterocycles. The van der Waals surface area contributed by atoms with Crippen LogP contribution in [-0.2, 0) is 12.5 Å². The molecule has 0 saturated carbocycles. The third-order valence-corrected chi connectivity index (χ3v) is 3.80. The lowest BCUT2D eigenvalue weighted by Crippen LogP contribution is -2.17. The fourth-order valence-electron chi connectivity index (χ4n) is 2.57. The van der Waals surface area contributed by atoms with Crippen molar-refractivity contribution in [2.45, 2.75) is 12.5 Å². The largest absolute Gasteiger partial charge is 0.504 e. The van der Waals surface area contributed by atoms with Gasteiger partial charge in [-0.1, -0.05) is 36.4 Å². The van der Waals surface area contributed by atoms with E-state index in [1.165, 1.54) is 42.5 Å². The van der Waals surface area contributed by atoms with Gasteiger partial charge < -0.3 is 5.32 Å². The molecule has 2 aromatic carbocycles. The molecular weight excluding hydrogens is 388 g/mol. The number of carbonyl (C=O) groups excluding carboxylic acids is 1. The molecule has 0 aliphatic heterocycles. The number of para-hydroxylation sites is 1. The molecule has 0 radical (unpaired) electrons. The minimum Gasteiger partial charge on any atom is -0.321 e. The summed E-state index contributed by atoms with van der Waals surface area (Å²) in [4.78, 5) is 12.3. The zero-order chi connectivity index (χ0) is 20.5. The molecule has 0 saturated heterocycles. The van der Waals surface area contributed by atoms with Crippen molar-refractivity contribution < 1.29 is 31.1 Å². The first kappa shape index (κ1) is 19.5. The second-order valence-electron chi connectivity index (χ2n) is 5.68. The van der Waals surface area contributed by atoms with Gasteiger partial charge in [-0.3, -0.25) is 4.79 Å². The van der Waals surface area contributed by atoms with Crippen LogP contribution in [0.4, 0.5) is 32.0 Å². The number of nitrogens with one attached hydrogen (secondary N) is 1. The van der Waals surface area contributed by atoms with E-state index in [1.807, 2.05) is 0 Å². The fraction of sp³-hybridized carbons (Fsp3) is 0.111. The summed E-state index contributed by atoms with van der Waals surface area (Å²) in [6.45, 7) is 0. The first-order chi connectivity index (χ1) is 13.1. The predicted octanol–water partition coefficient (Wildman–Crippen LogP) is 5.30. The SMILES string of the molecule is O=C(Nc1ccccc1-c1ccccc1C(F)(F)F)c1cnn(C(F)(F)F)c1. The number of halogens is 6. The van der Waals surface area contributed by atoms with Crippen LogP contribution in [0.3, 0.4) is 0 Å². The lowest BCUT2D eigenvalue weighted by molar-refractivity contribution is -0.212. The second-order valence-corrected chi connectivity index (χ2v) is 5.68. The van der Waals surface area contributed by atoms with Gasteiger partial charge in [0.1, 0.15) is 0 Å². The number of carbonyl (C=O) groups is 1. The number of hydrogen-bond acceptors (Lipinski definition) is 2. The Balaban J connectivity index is 1.96. The van der Waals surface area contributed by atoms with Gasteiger partial charge in [0, 0.05) is 17.4 Å². The summed E-state index contributed by atoms with van der Waals surface area (Å²) in [6, 6.07) is 10.5. The van der Waals surface area contributed by atoms with Crippen LogP contribution >= 0.6 is 0 Å². The van der Waals surface area contributed by atoms with Crippen LogP contribution < -0.4 is 5.32 Å². The van der Waals surface area contributed by atoms with Crippen LogP contribution in [0.2, 0.25) is 0 Å². The molecule has 1 aromatic heterocycles. The summed E-state index contributed by atoms with van der Waals surface area (Å²) in [5.74, 6) is -0.938. The zero-order valence-corrected chi connectivity index (χ0v) is 13.8. The van der Waals surface area contributed by atoms with Gasteiger partial charge in [0.15, 0.2) is 0 Å². The summed E-state index contributed by atoms with van der Waals surface area (Å²) < 4.78 is 77.4. The number of rotatable bonds is 3. The van der Waals surface area contributed by atoms with Crippen molar-refractivity contribution in [1.82, 2.24) is 9.78 Å². The average molecular weight is 399 g/mol. The predicted molar refractivity (Wildman–Crippen MR) is 88.4 cm³/mol. The maximum absolute atomic E-state index is 13.3. The van der Waals surface area contributed by atoms with Crippen LogP contribution in [0.25, 0.3) is 11.1 Å². The zero-order valence-electron chi connectivity index (χ0n) is 13.8. The van der Waals surface area contributed by atoms with Gasteiger partial charge in [-0.05, 0) is 17.7 Å². The average Bonchev–Trinajstić information content (AvgIpc) is 3.12. The third-order valence-electron chi connectivity index (χ3n) is 3.80. The van der Waals surface area contributed by atoms with E-state index in [0.717, 1.165) is 12.3 Å². The van der Waals surface area contributed by atoms with Crippen LogP contribution in [0.1, 0.15) is 15.9 Å². The van der Waals surface area contributed by atoms with Crippen molar-refractivity contribution >= 4 is 11.6 Å². The Morgan fingerprint density at radius 3 is 2.11 bits per heavy atom. The maximum Gasteiger partial charge on any atom is 0.504 e. The van der Waals surface area contributed by atoms with E-state index >= 15 is 0 Å². The van der Waals surface area contributed by atoms with Crippen LogP contribution in [0.5, 0.6) is 0 Å². The Morgan fingerprint density at radius 1 is 0.893 bits per heavy atom. The quantitative estimate of drug-likeness (QED) is 0.608. The molecule has 0 aliphatic carbocycles. The highest BCUT2D eigenvalue weighted by Gasteiger charge is 2.34. The monoisotopic (exact) mass is 399 g/mol. The van der Waals surface area contributed by atoms with Crippen molar-refractivity contribution in [3.05, 3.63) is 72.1 Å². The summed E-state index contributed by atoms with van der Waals surface area (Å²) >= 11 is 0. The number of benzene rings is 2. The molecular formula is C18H11F6N3O. The molecule has 146 valence electrons. The smallest absolute Gasteiger partial charge is 0.321 e. The standard InChI is InChI=1S/C18H11F6N3O/c19-17(20,21)14-7-3-1-5-12(14)13-6-2-4-8-15(13)26-16(28)11-9-25-27(10-11)18(22,23)24/h1-10H,(H,26,28). The Morgan fingerprint density at radius 2 is 1.50 bits per heavy atom. The highest BCUT2D eigenvalue weighted by atomic mass is 19.4. The molecule has 1 N–H and O–H groups in total. The Kier molecular flexibility index (Phi) is 4.88. The fourth-order valence-corrected chi connectivity index (χ4v) is 2.57. The normalized spacial score (nSPS) is 12.1. The number of amides is 1. The van der Waals surface area contributed by atoms with E-state index in [1.54, 1.807) is 0 Å². The van der Waals surface area contributed by atoms with Crippen LogP contribution in [0.15, 0.2) is 60.9 Å². The molecule has 3 rings (SSSR count). The highest BCUT2D eigenvalue weighted by Crippen LogP contribution is 2.39. The topological polar surface area (TPSA) is 46.9 Å². The highest BCUT2D eigenvalue weighted by molar-refractivity contribution is 6.06. The number of alkyl halides is 6. The van der Waals surface area contributed by atoms with E-state index in [2.05, 4.69) is 10.4 Å². The van der Waals surface area contributed by atoms with Gasteiger partial charge in [-0.15, -0.1) is 13.2 Å². The molecule has 3 aromatic rings. The third kappa shape index (κ3) is 4.00. The Hall–Kier alpha value is -3.30. The van der Waals surface area contributed by atoms with Crippen molar-refractivity contribution in [1.29, 1.82) is 0 Å². The molecule has 10 heteroatoms. The van der Waals surface area contributed by atoms with E-state index in [4.69, 9.17) is 0 Å². The minimum atomic E-state index is -4.79. The Bertz CT molecular complexity index is 1010. The van der Waals surface area contributed by atoms with Crippen molar-refractivity contribution in [2.24, 2.45) is 0 Å². The number of anilines is 1. The minimum absolute atomic E-state index is 0.0176. The molecule has 0 unspecified atom stereocenters. The summed E-state index contributed by atoms with van der Waals surface area (Å²) in [7, 11) is 0. The van der Waals surface area contributed by atoms with Gasteiger partial charge in [-0.2, -0.15) is 23.0 Å². The summed E-state index contributed by atoms with van der Waals surface area (Å²) in [5, 5.41) is 5.40. The molecule has 0 atom stereocenters. The van der Waals surface area contributed by atoms with Crippen LogP contribution in [-0.4, -0.2) is 15.7 Å². The molecule has 0 spiro atoms. The van der Waals surface area contributed by atoms with Crippen LogP contribution in [0, 0.1) is 0 Å². The van der Waals surface area contributed by atoms with E-state index in [9.17, 15) is 31.1 Å². The first-order valence-corrected chi connectivity index (χ1v) is 7.76. The van der Waals surface area contributed by atoms with Gasteiger partial charge in [-0.25, -0.2) is 0 Å². The number of aromatic nitrogens is 2. The Labute approximate surface area is 154 Å². The van der Waals surface area contributed by atoms with Gasteiger partial charge in [0.25, 0.3) is 5.91 Å². The van der Waals surface area contributed by atoms with E-state index < -0.39 is 29.5 Å². The van der Waals surface area contributed by atoms with Crippen molar-refractivity contribution in [3.8, 4) is 11.1 Å². The van der Waals surface area contributed by atoms with Gasteiger partial charge in [0.05, 0.1) is 17.3 Å². The molecule has 1 amide bonds. The molecule has 4 nitrogen and oxygen atoms in total. The molecule has 0 bridgehead atoms. The number of nitrogens with zero attached hydrogens (tertiary/aromatic N) is 2. The molecule has 0 aliphatic rings. The maximum atomic E-state index is 13.3. The summed E-state index contributed by atoms with van der Waals surface area (Å²) in [6.07, 6.45) is -8.21. The van der Waals surface area contributed by atoms with Gasteiger partial charge in [0.2, 0.25) is 0 Å². The van der Waals surface area contributed by atoms with E-state index in [0.29, 0.717) is 6.20 Å². The lowest BCUT2D eigenvalue weighted by atomic mass is 9.97. The van der Waals surface area contributed by atoms with Crippen molar-refractivity contribution in [2.75, 3.05) is 5.32 Å². The first-order valence-electron chi connectivity index (χ1n) is 7.76. The molecule has 28 heavy (non-hydrogen) atoms. The molecule has 0 fully saturated rings. The number of hydrogen-bond donors (Lipinski definition) is 1. The lowest BCUT2D eigenvalue weighted by Gasteiger charge is -2.16. The second kappa shape index (κ2) is 7.02. The van der Waals surface area contributed by atoms with E-state index in [-0.39, 0.29) is 21.5 Å². The summed E-state index contributed by atoms with van der Waals surface area (Å²) in [5.41, 5.74) is -1.37. The van der Waals surface area contributed by atoms with Crippen molar-refractivity contribution in [3.63, 3.8) is 0 Å². The van der Waals surface area contributed by atoms with Gasteiger partial charge >= 0.3 is 12.5 Å².